The zero-order valence-corrected chi connectivity index (χ0v) is 20.6. The predicted octanol–water partition coefficient (Wildman–Crippen LogP) is 3.83. The van der Waals surface area contributed by atoms with Crippen LogP contribution in [-0.2, 0) is 4.79 Å². The number of anilines is 3. The summed E-state index contributed by atoms with van der Waals surface area (Å²) in [6, 6.07) is 8.22. The van der Waals surface area contributed by atoms with Gasteiger partial charge in [0.2, 0.25) is 5.91 Å². The first kappa shape index (κ1) is 23.9. The van der Waals surface area contributed by atoms with Gasteiger partial charge in [-0.1, -0.05) is 13.3 Å². The molecule has 3 atom stereocenters. The molecule has 9 heteroatoms. The molecule has 3 aromatic rings. The predicted molar refractivity (Wildman–Crippen MR) is 136 cm³/mol. The quantitative estimate of drug-likeness (QED) is 0.375. The van der Waals surface area contributed by atoms with Crippen LogP contribution in [-0.4, -0.2) is 63.7 Å². The fourth-order valence-electron chi connectivity index (χ4n) is 4.75. The van der Waals surface area contributed by atoms with Crippen LogP contribution in [0.2, 0.25) is 0 Å². The number of H-pyrrole nitrogens is 1. The Balaban J connectivity index is 1.57. The molecular formula is C25H36N8O. The van der Waals surface area contributed by atoms with Crippen LogP contribution in [0, 0.1) is 12.8 Å². The average molecular weight is 465 g/mol. The molecule has 4 rings (SSSR count). The lowest BCUT2D eigenvalue weighted by Crippen LogP contribution is -2.42. The van der Waals surface area contributed by atoms with Gasteiger partial charge in [0.25, 0.3) is 0 Å². The lowest BCUT2D eigenvalue weighted by atomic mass is 9.95. The number of hydrogen-bond acceptors (Lipinski definition) is 7. The number of amides is 1. The van der Waals surface area contributed by atoms with Crippen molar-refractivity contribution in [2.45, 2.75) is 58.0 Å². The molecule has 0 aromatic carbocycles. The molecule has 0 saturated heterocycles. The summed E-state index contributed by atoms with van der Waals surface area (Å²) < 4.78 is 0. The van der Waals surface area contributed by atoms with Gasteiger partial charge in [-0.15, -0.1) is 0 Å². The molecule has 182 valence electrons. The normalized spacial score (nSPS) is 20.8. The first-order valence-electron chi connectivity index (χ1n) is 12.1. The number of nitrogens with one attached hydrogen (secondary N) is 4. The van der Waals surface area contributed by atoms with Crippen LogP contribution < -0.4 is 16.0 Å². The molecule has 0 bridgehead atoms. The van der Waals surface area contributed by atoms with Gasteiger partial charge in [-0.25, -0.2) is 4.98 Å². The summed E-state index contributed by atoms with van der Waals surface area (Å²) in [6.07, 6.45) is 6.98. The van der Waals surface area contributed by atoms with E-state index in [1.165, 1.54) is 0 Å². The second kappa shape index (κ2) is 10.8. The number of pyridine rings is 2. The minimum absolute atomic E-state index is 0.0805. The fourth-order valence-corrected chi connectivity index (χ4v) is 4.75. The number of aromatic amines is 1. The maximum Gasteiger partial charge on any atom is 0.234 e. The Bertz CT molecular complexity index is 1110. The molecule has 0 aliphatic heterocycles. The molecule has 0 radical (unpaired) electrons. The summed E-state index contributed by atoms with van der Waals surface area (Å²) in [6.45, 7) is 4.62. The van der Waals surface area contributed by atoms with Crippen molar-refractivity contribution in [1.82, 2.24) is 30.4 Å². The minimum Gasteiger partial charge on any atom is -0.367 e. The molecule has 1 fully saturated rings. The van der Waals surface area contributed by atoms with E-state index >= 15 is 0 Å². The summed E-state index contributed by atoms with van der Waals surface area (Å²) in [4.78, 5) is 23.8. The monoisotopic (exact) mass is 464 g/mol. The number of nitrogens with zero attached hydrogens (tertiary/aromatic N) is 4. The first-order valence-corrected chi connectivity index (χ1v) is 12.1. The highest BCUT2D eigenvalue weighted by Crippen LogP contribution is 2.31. The highest BCUT2D eigenvalue weighted by atomic mass is 16.2. The number of aromatic nitrogens is 4. The summed E-state index contributed by atoms with van der Waals surface area (Å²) in [7, 11) is 3.83. The van der Waals surface area contributed by atoms with Gasteiger partial charge in [0.15, 0.2) is 5.82 Å². The maximum absolute atomic E-state index is 12.4. The van der Waals surface area contributed by atoms with Crippen molar-refractivity contribution in [3.8, 4) is 0 Å². The minimum atomic E-state index is 0.0805. The third kappa shape index (κ3) is 6.22. The van der Waals surface area contributed by atoms with Crippen LogP contribution in [0.25, 0.3) is 10.9 Å². The Hall–Kier alpha value is -3.20. The molecule has 1 aliphatic carbocycles. The zero-order chi connectivity index (χ0) is 24.1. The Morgan fingerprint density at radius 1 is 1.18 bits per heavy atom. The zero-order valence-electron chi connectivity index (χ0n) is 20.6. The van der Waals surface area contributed by atoms with E-state index in [0.717, 1.165) is 60.3 Å². The summed E-state index contributed by atoms with van der Waals surface area (Å²) in [5.74, 6) is 2.91. The summed E-state index contributed by atoms with van der Waals surface area (Å²) in [5, 5.41) is 18.5. The number of rotatable bonds is 8. The molecule has 9 nitrogen and oxygen atoms in total. The lowest BCUT2D eigenvalue weighted by Gasteiger charge is -2.25. The number of carbonyl (C=O) groups excluding carboxylic acids is 1. The third-order valence-electron chi connectivity index (χ3n) is 6.41. The number of fused-ring (bicyclic) bond motifs is 1. The van der Waals surface area contributed by atoms with Gasteiger partial charge in [0, 0.05) is 41.5 Å². The van der Waals surface area contributed by atoms with Crippen LogP contribution in [0.15, 0.2) is 30.5 Å². The highest BCUT2D eigenvalue weighted by Gasteiger charge is 2.27. The van der Waals surface area contributed by atoms with Crippen molar-refractivity contribution in [2.24, 2.45) is 5.92 Å². The molecule has 1 aliphatic rings. The van der Waals surface area contributed by atoms with Gasteiger partial charge in [0.1, 0.15) is 11.6 Å². The van der Waals surface area contributed by atoms with Gasteiger partial charge >= 0.3 is 0 Å². The molecule has 34 heavy (non-hydrogen) atoms. The van der Waals surface area contributed by atoms with E-state index in [9.17, 15) is 4.79 Å². The number of hydrogen-bond donors (Lipinski definition) is 4. The molecule has 3 unspecified atom stereocenters. The van der Waals surface area contributed by atoms with E-state index in [1.807, 2.05) is 50.2 Å². The fraction of sp³-hybridized carbons (Fsp3) is 0.520. The van der Waals surface area contributed by atoms with Gasteiger partial charge < -0.3 is 20.9 Å². The third-order valence-corrected chi connectivity index (χ3v) is 6.41. The van der Waals surface area contributed by atoms with Crippen molar-refractivity contribution < 1.29 is 4.79 Å². The molecule has 4 N–H and O–H groups in total. The highest BCUT2D eigenvalue weighted by molar-refractivity contribution is 5.91. The molecule has 0 spiro atoms. The Labute approximate surface area is 201 Å². The van der Waals surface area contributed by atoms with Crippen molar-refractivity contribution in [3.05, 3.63) is 36.2 Å². The largest absolute Gasteiger partial charge is 0.367 e. The smallest absolute Gasteiger partial charge is 0.234 e. The van der Waals surface area contributed by atoms with E-state index in [4.69, 9.17) is 4.98 Å². The van der Waals surface area contributed by atoms with Crippen LogP contribution in [0.5, 0.6) is 0 Å². The number of likely N-dealkylation sites (N-methyl/N-ethyl adjacent to an activating group) is 1. The summed E-state index contributed by atoms with van der Waals surface area (Å²) in [5.41, 5.74) is 1.84. The maximum atomic E-state index is 12.4. The van der Waals surface area contributed by atoms with Gasteiger partial charge in [-0.3, -0.25) is 14.9 Å². The molecule has 3 aromatic heterocycles. The number of aryl methyl sites for hydroxylation is 1. The van der Waals surface area contributed by atoms with Gasteiger partial charge in [-0.05, 0) is 64.8 Å². The van der Waals surface area contributed by atoms with Crippen molar-refractivity contribution in [2.75, 3.05) is 31.3 Å². The van der Waals surface area contributed by atoms with E-state index < -0.39 is 0 Å². The Kier molecular flexibility index (Phi) is 7.62. The Morgan fingerprint density at radius 2 is 2.03 bits per heavy atom. The van der Waals surface area contributed by atoms with Crippen molar-refractivity contribution in [1.29, 1.82) is 0 Å². The van der Waals surface area contributed by atoms with Crippen LogP contribution in [0.4, 0.5) is 17.5 Å². The molecule has 1 amide bonds. The molecular weight excluding hydrogens is 428 g/mol. The van der Waals surface area contributed by atoms with Crippen LogP contribution >= 0.6 is 0 Å². The van der Waals surface area contributed by atoms with Gasteiger partial charge in [0.05, 0.1) is 12.1 Å². The summed E-state index contributed by atoms with van der Waals surface area (Å²) >= 11 is 0. The second-order valence-corrected chi connectivity index (χ2v) is 9.65. The first-order chi connectivity index (χ1) is 16.4. The Morgan fingerprint density at radius 3 is 2.76 bits per heavy atom. The van der Waals surface area contributed by atoms with E-state index in [1.54, 1.807) is 6.20 Å². The van der Waals surface area contributed by atoms with Crippen molar-refractivity contribution in [3.63, 3.8) is 0 Å². The molecule has 1 saturated carbocycles. The van der Waals surface area contributed by atoms with E-state index in [-0.39, 0.29) is 18.0 Å². The van der Waals surface area contributed by atoms with E-state index in [2.05, 4.69) is 38.1 Å². The standard InChI is InChI=1S/C25H36N8O/c1-5-17-8-9-18(27-24(34)15-33(3)4)13-19(12-17)28-25-20-7-6-10-26-21(20)14-22(30-25)29-23-11-16(2)31-32-23/h6-7,10-11,14,17-19H,5,8-9,12-13,15H2,1-4H3,(H,27,34)(H3,28,29,30,31,32). The average Bonchev–Trinajstić information content (AvgIpc) is 3.09. The second-order valence-electron chi connectivity index (χ2n) is 9.65. The number of carbonyl (C=O) groups is 1. The van der Waals surface area contributed by atoms with E-state index in [0.29, 0.717) is 18.3 Å². The lowest BCUT2D eigenvalue weighted by molar-refractivity contribution is -0.122. The van der Waals surface area contributed by atoms with Crippen LogP contribution in [0.3, 0.4) is 0 Å². The topological polar surface area (TPSA) is 111 Å². The van der Waals surface area contributed by atoms with Gasteiger partial charge in [-0.2, -0.15) is 5.10 Å². The van der Waals surface area contributed by atoms with Crippen LogP contribution in [0.1, 0.15) is 44.7 Å². The molecule has 3 heterocycles. The SMILES string of the molecule is CCC1CCC(NC(=O)CN(C)C)CC(Nc2nc(Nc3cc(C)[nH]n3)cc3ncccc23)C1. The van der Waals surface area contributed by atoms with Crippen molar-refractivity contribution >= 4 is 34.3 Å².